The van der Waals surface area contributed by atoms with Crippen molar-refractivity contribution >= 4 is 5.78 Å². The molecule has 1 unspecified atom stereocenters. The zero-order chi connectivity index (χ0) is 16.0. The number of carbonyl (C=O) groups excluding carboxylic acids is 1. The number of Topliss-reactive ketones (excluding diaryl/α,β-unsaturated/α-hetero) is 1. The van der Waals surface area contributed by atoms with Crippen LogP contribution in [0.3, 0.4) is 0 Å². The largest absolute Gasteiger partial charge is 0.300 e. The highest BCUT2D eigenvalue weighted by Gasteiger charge is 2.29. The third-order valence-corrected chi connectivity index (χ3v) is 5.61. The second-order valence-corrected chi connectivity index (χ2v) is 7.59. The van der Waals surface area contributed by atoms with Crippen LogP contribution in [0.4, 0.5) is 0 Å². The van der Waals surface area contributed by atoms with Crippen LogP contribution in [0.15, 0.2) is 0 Å². The zero-order valence-electron chi connectivity index (χ0n) is 15.4. The molecule has 1 heteroatoms. The monoisotopic (exact) mass is 308 g/mol. The minimum atomic E-state index is 0.400. The zero-order valence-corrected chi connectivity index (χ0v) is 15.4. The molecular weight excluding hydrogens is 268 g/mol. The minimum absolute atomic E-state index is 0.400. The van der Waals surface area contributed by atoms with E-state index in [1.54, 1.807) is 0 Å². The Bertz CT molecular complexity index is 267. The van der Waals surface area contributed by atoms with Gasteiger partial charge in [0.2, 0.25) is 0 Å². The molecule has 130 valence electrons. The molecule has 0 bridgehead atoms. The van der Waals surface area contributed by atoms with Crippen LogP contribution in [0.25, 0.3) is 0 Å². The van der Waals surface area contributed by atoms with E-state index in [-0.39, 0.29) is 0 Å². The van der Waals surface area contributed by atoms with Crippen LogP contribution in [-0.2, 0) is 4.79 Å². The number of carbonyl (C=O) groups is 1. The van der Waals surface area contributed by atoms with Gasteiger partial charge in [-0.25, -0.2) is 0 Å². The fraction of sp³-hybridized carbons (Fsp3) is 0.952. The average Bonchev–Trinajstić information content (AvgIpc) is 2.45. The number of hydrogen-bond acceptors (Lipinski definition) is 1. The van der Waals surface area contributed by atoms with Crippen LogP contribution < -0.4 is 0 Å². The standard InChI is InChI=1S/C21H40O/c1-3-4-5-6-7-8-9-10-11-12-13-14-18-21(19(2)22)20-16-15-17-20/h20-21H,3-18H2,1-2H3. The quantitative estimate of drug-likeness (QED) is 0.295. The lowest BCUT2D eigenvalue weighted by atomic mass is 9.72. The van der Waals surface area contributed by atoms with Crippen molar-refractivity contribution in [1.82, 2.24) is 0 Å². The van der Waals surface area contributed by atoms with E-state index in [1.807, 2.05) is 6.92 Å². The van der Waals surface area contributed by atoms with Gasteiger partial charge in [-0.05, 0) is 32.1 Å². The molecule has 0 aromatic rings. The summed E-state index contributed by atoms with van der Waals surface area (Å²) in [6, 6.07) is 0. The molecule has 22 heavy (non-hydrogen) atoms. The Labute approximate surface area is 139 Å². The van der Waals surface area contributed by atoms with Crippen LogP contribution >= 0.6 is 0 Å². The van der Waals surface area contributed by atoms with Gasteiger partial charge in [0.05, 0.1) is 0 Å². The average molecular weight is 309 g/mol. The van der Waals surface area contributed by atoms with Gasteiger partial charge in [0.15, 0.2) is 0 Å². The summed E-state index contributed by atoms with van der Waals surface area (Å²) in [6.07, 6.45) is 21.9. The van der Waals surface area contributed by atoms with Gasteiger partial charge in [-0.3, -0.25) is 4.79 Å². The van der Waals surface area contributed by atoms with Gasteiger partial charge >= 0.3 is 0 Å². The third-order valence-electron chi connectivity index (χ3n) is 5.61. The predicted molar refractivity (Wildman–Crippen MR) is 97.2 cm³/mol. The van der Waals surface area contributed by atoms with E-state index in [0.717, 1.165) is 12.3 Å². The maximum Gasteiger partial charge on any atom is 0.133 e. The summed E-state index contributed by atoms with van der Waals surface area (Å²) in [4.78, 5) is 11.7. The van der Waals surface area contributed by atoms with Crippen LogP contribution in [0.1, 0.15) is 117 Å². The van der Waals surface area contributed by atoms with Crippen molar-refractivity contribution < 1.29 is 4.79 Å². The Hall–Kier alpha value is -0.330. The van der Waals surface area contributed by atoms with E-state index in [2.05, 4.69) is 6.92 Å². The summed E-state index contributed by atoms with van der Waals surface area (Å²) >= 11 is 0. The smallest absolute Gasteiger partial charge is 0.133 e. The summed E-state index contributed by atoms with van der Waals surface area (Å²) in [5.41, 5.74) is 0. The van der Waals surface area contributed by atoms with Gasteiger partial charge in [0.25, 0.3) is 0 Å². The lowest BCUT2D eigenvalue weighted by molar-refractivity contribution is -0.123. The normalized spacial score (nSPS) is 16.5. The number of rotatable bonds is 15. The van der Waals surface area contributed by atoms with Crippen LogP contribution in [-0.4, -0.2) is 5.78 Å². The lowest BCUT2D eigenvalue weighted by Gasteiger charge is -2.32. The van der Waals surface area contributed by atoms with Crippen molar-refractivity contribution in [3.05, 3.63) is 0 Å². The van der Waals surface area contributed by atoms with Gasteiger partial charge in [0, 0.05) is 5.92 Å². The van der Waals surface area contributed by atoms with Crippen molar-refractivity contribution in [2.24, 2.45) is 11.8 Å². The van der Waals surface area contributed by atoms with Crippen molar-refractivity contribution in [1.29, 1.82) is 0 Å². The molecular formula is C21H40O. The minimum Gasteiger partial charge on any atom is -0.300 e. The first-order valence-corrected chi connectivity index (χ1v) is 10.3. The summed E-state index contributed by atoms with van der Waals surface area (Å²) in [5.74, 6) is 1.59. The van der Waals surface area contributed by atoms with Crippen molar-refractivity contribution in [2.75, 3.05) is 0 Å². The summed E-state index contributed by atoms with van der Waals surface area (Å²) in [5, 5.41) is 0. The van der Waals surface area contributed by atoms with Crippen molar-refractivity contribution in [2.45, 2.75) is 117 Å². The van der Waals surface area contributed by atoms with Gasteiger partial charge in [-0.2, -0.15) is 0 Å². The third kappa shape index (κ3) is 8.96. The fourth-order valence-electron chi connectivity index (χ4n) is 3.82. The van der Waals surface area contributed by atoms with Crippen LogP contribution in [0.2, 0.25) is 0 Å². The molecule has 0 N–H and O–H groups in total. The summed E-state index contributed by atoms with van der Waals surface area (Å²) in [6.45, 7) is 4.09. The van der Waals surface area contributed by atoms with Crippen molar-refractivity contribution in [3.8, 4) is 0 Å². The number of unbranched alkanes of at least 4 members (excludes halogenated alkanes) is 11. The molecule has 0 aromatic heterocycles. The Kier molecular flexibility index (Phi) is 11.8. The summed E-state index contributed by atoms with van der Waals surface area (Å²) < 4.78 is 0. The van der Waals surface area contributed by atoms with Crippen LogP contribution in [0, 0.1) is 11.8 Å². The molecule has 1 nitrogen and oxygen atoms in total. The molecule has 1 atom stereocenters. The molecule has 0 radical (unpaired) electrons. The van der Waals surface area contributed by atoms with Gasteiger partial charge in [0.1, 0.15) is 5.78 Å². The predicted octanol–water partition coefficient (Wildman–Crippen LogP) is 7.08. The van der Waals surface area contributed by atoms with Crippen LogP contribution in [0.5, 0.6) is 0 Å². The molecule has 0 aromatic carbocycles. The van der Waals surface area contributed by atoms with E-state index >= 15 is 0 Å². The first-order valence-electron chi connectivity index (χ1n) is 10.3. The highest BCUT2D eigenvalue weighted by molar-refractivity contribution is 5.78. The van der Waals surface area contributed by atoms with E-state index in [1.165, 1.54) is 96.3 Å². The van der Waals surface area contributed by atoms with Crippen molar-refractivity contribution in [3.63, 3.8) is 0 Å². The maximum absolute atomic E-state index is 11.7. The highest BCUT2D eigenvalue weighted by atomic mass is 16.1. The Morgan fingerprint density at radius 1 is 0.818 bits per heavy atom. The molecule has 0 heterocycles. The lowest BCUT2D eigenvalue weighted by Crippen LogP contribution is -2.27. The highest BCUT2D eigenvalue weighted by Crippen LogP contribution is 2.36. The Balaban J connectivity index is 1.83. The second kappa shape index (κ2) is 13.1. The SMILES string of the molecule is CCCCCCCCCCCCCCC(C(C)=O)C1CCC1. The first kappa shape index (κ1) is 19.7. The Morgan fingerprint density at radius 3 is 1.64 bits per heavy atom. The molecule has 1 aliphatic rings. The van der Waals surface area contributed by atoms with E-state index in [4.69, 9.17) is 0 Å². The van der Waals surface area contributed by atoms with Gasteiger partial charge in [-0.1, -0.05) is 90.4 Å². The molecule has 1 aliphatic carbocycles. The molecule has 1 fully saturated rings. The van der Waals surface area contributed by atoms with Gasteiger partial charge in [-0.15, -0.1) is 0 Å². The number of hydrogen-bond donors (Lipinski definition) is 0. The van der Waals surface area contributed by atoms with E-state index < -0.39 is 0 Å². The fourth-order valence-corrected chi connectivity index (χ4v) is 3.82. The Morgan fingerprint density at radius 2 is 1.27 bits per heavy atom. The molecule has 0 aliphatic heterocycles. The second-order valence-electron chi connectivity index (χ2n) is 7.59. The first-order chi connectivity index (χ1) is 10.8. The molecule has 0 spiro atoms. The molecule has 1 saturated carbocycles. The molecule has 0 amide bonds. The van der Waals surface area contributed by atoms with E-state index in [0.29, 0.717) is 11.7 Å². The molecule has 1 rings (SSSR count). The van der Waals surface area contributed by atoms with E-state index in [9.17, 15) is 4.79 Å². The summed E-state index contributed by atoms with van der Waals surface area (Å²) in [7, 11) is 0. The molecule has 0 saturated heterocycles. The van der Waals surface area contributed by atoms with Gasteiger partial charge < -0.3 is 0 Å². The topological polar surface area (TPSA) is 17.1 Å². The maximum atomic E-state index is 11.7. The number of ketones is 1.